The van der Waals surface area contributed by atoms with Crippen LogP contribution >= 0.6 is 0 Å². The van der Waals surface area contributed by atoms with Gasteiger partial charge < -0.3 is 5.11 Å². The van der Waals surface area contributed by atoms with E-state index in [1.54, 1.807) is 22.9 Å². The van der Waals surface area contributed by atoms with Crippen molar-refractivity contribution in [2.45, 2.75) is 39.7 Å². The molecule has 0 fully saturated rings. The molecule has 0 spiro atoms. The molecule has 2 heterocycles. The Hall–Kier alpha value is -4.79. The van der Waals surface area contributed by atoms with Gasteiger partial charge in [0.2, 0.25) is 0 Å². The van der Waals surface area contributed by atoms with Gasteiger partial charge in [0.05, 0.1) is 17.8 Å². The number of imidazole rings is 1. The van der Waals surface area contributed by atoms with Crippen LogP contribution in [-0.4, -0.2) is 40.8 Å². The van der Waals surface area contributed by atoms with Crippen LogP contribution < -0.4 is 5.69 Å². The number of carbonyl (C=O) groups is 1. The second-order valence-electron chi connectivity index (χ2n) is 9.07. The number of H-pyrrole nitrogens is 1. The molecule has 9 nitrogen and oxygen atoms in total. The van der Waals surface area contributed by atoms with Crippen LogP contribution in [0.5, 0.6) is 0 Å². The molecule has 0 saturated heterocycles. The van der Waals surface area contributed by atoms with Gasteiger partial charge >= 0.3 is 11.7 Å². The molecule has 5 rings (SSSR count). The molecule has 0 bridgehead atoms. The van der Waals surface area contributed by atoms with Crippen molar-refractivity contribution < 1.29 is 9.90 Å². The van der Waals surface area contributed by atoms with Crippen molar-refractivity contribution in [1.29, 1.82) is 0 Å². The van der Waals surface area contributed by atoms with Gasteiger partial charge in [0, 0.05) is 17.5 Å². The van der Waals surface area contributed by atoms with Crippen LogP contribution in [0, 0.1) is 0 Å². The van der Waals surface area contributed by atoms with Gasteiger partial charge in [-0.25, -0.2) is 14.7 Å². The number of nitrogens with one attached hydrogen (secondary N) is 1. The summed E-state index contributed by atoms with van der Waals surface area (Å²) in [6, 6.07) is 21.1. The summed E-state index contributed by atoms with van der Waals surface area (Å²) in [6.45, 7) is 4.40. The molecule has 0 aliphatic carbocycles. The van der Waals surface area contributed by atoms with Gasteiger partial charge in [-0.05, 0) is 51.6 Å². The fourth-order valence-corrected chi connectivity index (χ4v) is 4.83. The van der Waals surface area contributed by atoms with E-state index in [2.05, 4.69) is 27.5 Å². The summed E-state index contributed by atoms with van der Waals surface area (Å²) in [5.41, 5.74) is 5.86. The Labute approximate surface area is 219 Å². The Morgan fingerprint density at radius 3 is 2.39 bits per heavy atom. The SMILES string of the molecule is CCCc1cn(-c2c(CC)cccc2C(=O)O)c(=O)n1Cc1ccc(-c2ccccc2-c2nnn[nH]2)cc1. The molecule has 9 heteroatoms. The zero-order chi connectivity index (χ0) is 26.6. The Morgan fingerprint density at radius 2 is 1.74 bits per heavy atom. The van der Waals surface area contributed by atoms with Gasteiger partial charge in [0.1, 0.15) is 0 Å². The minimum Gasteiger partial charge on any atom is -0.478 e. The Kier molecular flexibility index (Phi) is 6.99. The number of hydrogen-bond donors (Lipinski definition) is 2. The zero-order valence-electron chi connectivity index (χ0n) is 21.3. The van der Waals surface area contributed by atoms with Crippen LogP contribution in [0.2, 0.25) is 0 Å². The lowest BCUT2D eigenvalue weighted by Gasteiger charge is -2.12. The van der Waals surface area contributed by atoms with E-state index in [0.29, 0.717) is 30.9 Å². The molecule has 0 atom stereocenters. The molecule has 192 valence electrons. The number of para-hydroxylation sites is 1. The molecule has 0 amide bonds. The minimum atomic E-state index is -1.05. The quantitative estimate of drug-likeness (QED) is 0.297. The molecular formula is C29H28N6O3. The van der Waals surface area contributed by atoms with Gasteiger partial charge in [0.15, 0.2) is 5.82 Å². The first-order chi connectivity index (χ1) is 18.5. The highest BCUT2D eigenvalue weighted by Gasteiger charge is 2.20. The molecule has 2 N–H and O–H groups in total. The number of tetrazole rings is 1. The van der Waals surface area contributed by atoms with E-state index in [-0.39, 0.29) is 11.3 Å². The molecule has 0 aliphatic heterocycles. The second-order valence-corrected chi connectivity index (χ2v) is 9.07. The predicted molar refractivity (Wildman–Crippen MR) is 145 cm³/mol. The van der Waals surface area contributed by atoms with E-state index in [1.165, 1.54) is 4.57 Å². The fraction of sp³-hybridized carbons (Fsp3) is 0.207. The van der Waals surface area contributed by atoms with E-state index in [9.17, 15) is 14.7 Å². The van der Waals surface area contributed by atoms with E-state index in [4.69, 9.17) is 0 Å². The van der Waals surface area contributed by atoms with Crippen molar-refractivity contribution in [3.63, 3.8) is 0 Å². The lowest BCUT2D eigenvalue weighted by Crippen LogP contribution is -2.26. The first-order valence-electron chi connectivity index (χ1n) is 12.6. The number of carboxylic acids is 1. The van der Waals surface area contributed by atoms with Crippen LogP contribution in [0.25, 0.3) is 28.2 Å². The molecule has 0 saturated carbocycles. The van der Waals surface area contributed by atoms with Crippen LogP contribution in [0.3, 0.4) is 0 Å². The topological polar surface area (TPSA) is 119 Å². The largest absolute Gasteiger partial charge is 0.478 e. The number of aromatic carboxylic acids is 1. The molecule has 3 aromatic carbocycles. The summed E-state index contributed by atoms with van der Waals surface area (Å²) >= 11 is 0. The maximum absolute atomic E-state index is 13.7. The highest BCUT2D eigenvalue weighted by molar-refractivity contribution is 5.92. The van der Waals surface area contributed by atoms with Crippen LogP contribution in [0.15, 0.2) is 77.7 Å². The number of aromatic nitrogens is 6. The van der Waals surface area contributed by atoms with Gasteiger partial charge in [-0.1, -0.05) is 80.9 Å². The average Bonchev–Trinajstić information content (AvgIpc) is 3.58. The Balaban J connectivity index is 1.52. The summed E-state index contributed by atoms with van der Waals surface area (Å²) in [5.74, 6) is -0.459. The number of benzene rings is 3. The Bertz CT molecular complexity index is 1630. The molecule has 2 aromatic heterocycles. The van der Waals surface area contributed by atoms with E-state index in [0.717, 1.165) is 39.9 Å². The molecule has 0 aliphatic rings. The van der Waals surface area contributed by atoms with Gasteiger partial charge in [-0.2, -0.15) is 0 Å². The number of aromatic amines is 1. The maximum Gasteiger partial charge on any atom is 0.337 e. The molecule has 38 heavy (non-hydrogen) atoms. The minimum absolute atomic E-state index is 0.122. The zero-order valence-corrected chi connectivity index (χ0v) is 21.3. The summed E-state index contributed by atoms with van der Waals surface area (Å²) in [7, 11) is 0. The third-order valence-electron chi connectivity index (χ3n) is 6.67. The van der Waals surface area contributed by atoms with E-state index in [1.807, 2.05) is 61.5 Å². The van der Waals surface area contributed by atoms with Gasteiger partial charge in [0.25, 0.3) is 0 Å². The normalized spacial score (nSPS) is 11.1. The average molecular weight is 509 g/mol. The first kappa shape index (κ1) is 24.9. The molecule has 5 aromatic rings. The predicted octanol–water partition coefficient (Wildman–Crippen LogP) is 4.75. The number of rotatable bonds is 9. The van der Waals surface area contributed by atoms with Crippen LogP contribution in [0.1, 0.15) is 47.4 Å². The van der Waals surface area contributed by atoms with Crippen molar-refractivity contribution in [1.82, 2.24) is 29.8 Å². The van der Waals surface area contributed by atoms with Crippen LogP contribution in [0.4, 0.5) is 0 Å². The number of carboxylic acid groups (broad SMARTS) is 1. The summed E-state index contributed by atoms with van der Waals surface area (Å²) in [4.78, 5) is 25.7. The molecule has 0 radical (unpaired) electrons. The van der Waals surface area contributed by atoms with E-state index >= 15 is 0 Å². The van der Waals surface area contributed by atoms with E-state index < -0.39 is 5.97 Å². The van der Waals surface area contributed by atoms with Crippen molar-refractivity contribution >= 4 is 5.97 Å². The number of aryl methyl sites for hydroxylation is 2. The summed E-state index contributed by atoms with van der Waals surface area (Å²) < 4.78 is 3.24. The third kappa shape index (κ3) is 4.66. The summed E-state index contributed by atoms with van der Waals surface area (Å²) in [6.07, 6.45) is 3.97. The smallest absolute Gasteiger partial charge is 0.337 e. The van der Waals surface area contributed by atoms with Crippen molar-refractivity contribution in [3.8, 4) is 28.2 Å². The van der Waals surface area contributed by atoms with Crippen molar-refractivity contribution in [3.05, 3.63) is 106 Å². The second kappa shape index (κ2) is 10.7. The maximum atomic E-state index is 13.7. The monoisotopic (exact) mass is 508 g/mol. The van der Waals surface area contributed by atoms with Crippen molar-refractivity contribution in [2.75, 3.05) is 0 Å². The lowest BCUT2D eigenvalue weighted by molar-refractivity contribution is 0.0696. The van der Waals surface area contributed by atoms with Crippen molar-refractivity contribution in [2.24, 2.45) is 0 Å². The van der Waals surface area contributed by atoms with Gasteiger partial charge in [-0.15, -0.1) is 5.10 Å². The third-order valence-corrected chi connectivity index (χ3v) is 6.67. The summed E-state index contributed by atoms with van der Waals surface area (Å²) in [5, 5.41) is 24.1. The highest BCUT2D eigenvalue weighted by Crippen LogP contribution is 2.30. The molecular weight excluding hydrogens is 480 g/mol. The first-order valence-corrected chi connectivity index (χ1v) is 12.6. The molecule has 0 unspecified atom stereocenters. The standard InChI is InChI=1S/C29H28N6O3/c1-3-8-22-18-35(26-20(4-2)9-7-12-25(26)28(36)37)29(38)34(22)17-19-13-15-21(16-14-19)23-10-5-6-11-24(23)27-30-32-33-31-27/h5-7,9-16,18H,3-4,8,17H2,1-2H3,(H,36,37)(H,30,31,32,33). The number of hydrogen-bond acceptors (Lipinski definition) is 5. The fourth-order valence-electron chi connectivity index (χ4n) is 4.83. The van der Waals surface area contributed by atoms with Gasteiger partial charge in [-0.3, -0.25) is 9.13 Å². The lowest BCUT2D eigenvalue weighted by atomic mass is 9.98. The Morgan fingerprint density at radius 1 is 0.974 bits per heavy atom. The number of nitrogens with zero attached hydrogens (tertiary/aromatic N) is 5. The highest BCUT2D eigenvalue weighted by atomic mass is 16.4. The van der Waals surface area contributed by atoms with Crippen LogP contribution in [-0.2, 0) is 19.4 Å².